The minimum absolute atomic E-state index is 0.0535. The number of carbonyl (C=O) groups excluding carboxylic acids is 1. The maximum absolute atomic E-state index is 11.9. The third kappa shape index (κ3) is 5.49. The molecule has 8 nitrogen and oxygen atoms in total. The third-order valence-corrected chi connectivity index (χ3v) is 7.50. The summed E-state index contributed by atoms with van der Waals surface area (Å²) in [7, 11) is 2.55. The largest absolute Gasteiger partial charge is 0.457 e. The van der Waals surface area contributed by atoms with Crippen molar-refractivity contribution in [2.75, 3.05) is 13.0 Å². The molecular formula is C25H37O8P. The molecule has 0 aromatic heterocycles. The second-order valence-electron chi connectivity index (χ2n) is 9.51. The zero-order chi connectivity index (χ0) is 24.4. The summed E-state index contributed by atoms with van der Waals surface area (Å²) in [4.78, 5) is 11.9. The summed E-state index contributed by atoms with van der Waals surface area (Å²) >= 11 is 0. The van der Waals surface area contributed by atoms with Gasteiger partial charge < -0.3 is 33.2 Å². The molecule has 0 N–H and O–H groups in total. The molecule has 0 saturated carbocycles. The highest BCUT2D eigenvalue weighted by Gasteiger charge is 2.52. The Morgan fingerprint density at radius 3 is 2.38 bits per heavy atom. The van der Waals surface area contributed by atoms with Gasteiger partial charge in [-0.2, -0.15) is 0 Å². The first kappa shape index (κ1) is 26.0. The molecule has 12 atom stereocenters. The second-order valence-corrected chi connectivity index (χ2v) is 9.85. The van der Waals surface area contributed by atoms with Gasteiger partial charge >= 0.3 is 5.97 Å². The van der Waals surface area contributed by atoms with Gasteiger partial charge in [-0.1, -0.05) is 51.1 Å². The first-order valence-corrected chi connectivity index (χ1v) is 12.9. The van der Waals surface area contributed by atoms with Crippen molar-refractivity contribution in [3.8, 4) is 0 Å². The summed E-state index contributed by atoms with van der Waals surface area (Å²) < 4.78 is 42.9. The van der Waals surface area contributed by atoms with Crippen molar-refractivity contribution in [2.24, 2.45) is 17.8 Å². The van der Waals surface area contributed by atoms with Crippen molar-refractivity contribution in [3.05, 3.63) is 35.9 Å². The number of ether oxygens (including phenoxy) is 7. The lowest BCUT2D eigenvalue weighted by Crippen LogP contribution is -2.61. The highest BCUT2D eigenvalue weighted by molar-refractivity contribution is 7.16. The fourth-order valence-corrected chi connectivity index (χ4v) is 5.21. The van der Waals surface area contributed by atoms with Crippen molar-refractivity contribution in [1.82, 2.24) is 0 Å². The Labute approximate surface area is 204 Å². The molecule has 6 unspecified atom stereocenters. The molecule has 9 heteroatoms. The predicted octanol–water partition coefficient (Wildman–Crippen LogP) is 3.64. The minimum atomic E-state index is -0.738. The number of benzene rings is 1. The van der Waals surface area contributed by atoms with Gasteiger partial charge in [-0.3, -0.25) is 4.79 Å². The topological polar surface area (TPSA) is 81.7 Å². The smallest absolute Gasteiger partial charge is 0.303 e. The van der Waals surface area contributed by atoms with Gasteiger partial charge in [0.2, 0.25) is 0 Å². The average molecular weight is 497 g/mol. The van der Waals surface area contributed by atoms with Crippen LogP contribution in [-0.2, 0) is 38.0 Å². The van der Waals surface area contributed by atoms with Crippen LogP contribution in [0.25, 0.3) is 0 Å². The Morgan fingerprint density at radius 2 is 1.71 bits per heavy atom. The number of hydrogen-bond donors (Lipinski definition) is 0. The number of esters is 1. The molecular weight excluding hydrogens is 459 g/mol. The van der Waals surface area contributed by atoms with E-state index >= 15 is 0 Å². The maximum atomic E-state index is 11.9. The number of rotatable bonds is 6. The molecule has 0 amide bonds. The van der Waals surface area contributed by atoms with Gasteiger partial charge in [-0.15, -0.1) is 9.24 Å². The van der Waals surface area contributed by atoms with Crippen LogP contribution in [0.3, 0.4) is 0 Å². The zero-order valence-electron chi connectivity index (χ0n) is 20.5. The number of fused-ring (bicyclic) bond motifs is 1. The molecule has 3 aliphatic heterocycles. The van der Waals surface area contributed by atoms with E-state index in [1.807, 2.05) is 37.3 Å². The van der Waals surface area contributed by atoms with Crippen LogP contribution in [0, 0.1) is 17.8 Å². The van der Waals surface area contributed by atoms with Gasteiger partial charge in [-0.25, -0.2) is 0 Å². The van der Waals surface area contributed by atoms with Gasteiger partial charge in [0.05, 0.1) is 25.2 Å². The average Bonchev–Trinajstić information content (AvgIpc) is 2.83. The van der Waals surface area contributed by atoms with Crippen molar-refractivity contribution in [2.45, 2.75) is 84.0 Å². The Balaban J connectivity index is 1.54. The lowest BCUT2D eigenvalue weighted by Gasteiger charge is -2.50. The fourth-order valence-electron chi connectivity index (χ4n) is 5.02. The third-order valence-electron chi connectivity index (χ3n) is 7.30. The monoisotopic (exact) mass is 496 g/mol. The zero-order valence-corrected chi connectivity index (χ0v) is 21.6. The van der Waals surface area contributed by atoms with E-state index in [9.17, 15) is 4.79 Å². The molecule has 190 valence electrons. The standard InChI is InChI=1S/C25H37O8P/c1-13-14(2)21(30-17(5)26)25(29-16(13)4)33-22-15(3)20-19(31-24(22)28-12-34)11-27-23(32-20)18-9-7-6-8-10-18/h6-10,13-16,19-25H,11-12,34H2,1-5H3/t13-,14+,15+,16?,19?,20+,21?,22?,23?,24-,25+/m1/s1. The van der Waals surface area contributed by atoms with Crippen LogP contribution < -0.4 is 0 Å². The van der Waals surface area contributed by atoms with Crippen LogP contribution in [0.1, 0.15) is 46.5 Å². The van der Waals surface area contributed by atoms with Crippen LogP contribution in [-0.4, -0.2) is 62.0 Å². The Hall–Kier alpha value is -1.12. The van der Waals surface area contributed by atoms with Gasteiger partial charge in [0.1, 0.15) is 12.2 Å². The van der Waals surface area contributed by atoms with Gasteiger partial charge in [0.25, 0.3) is 0 Å². The summed E-state index contributed by atoms with van der Waals surface area (Å²) in [5.41, 5.74) is 0.955. The number of carbonyl (C=O) groups is 1. The normalized spacial score (nSPS) is 42.6. The number of hydrogen-bond acceptors (Lipinski definition) is 8. The van der Waals surface area contributed by atoms with Crippen LogP contribution >= 0.6 is 9.24 Å². The van der Waals surface area contributed by atoms with Gasteiger partial charge in [0, 0.05) is 24.3 Å². The molecule has 3 aliphatic rings. The molecule has 0 spiro atoms. The molecule has 1 aromatic rings. The summed E-state index contributed by atoms with van der Waals surface area (Å²) in [6.45, 7) is 10.0. The van der Waals surface area contributed by atoms with Gasteiger partial charge in [0.15, 0.2) is 25.0 Å². The van der Waals surface area contributed by atoms with E-state index < -0.39 is 31.1 Å². The van der Waals surface area contributed by atoms with Crippen LogP contribution in [0.2, 0.25) is 0 Å². The summed E-state index contributed by atoms with van der Waals surface area (Å²) in [5.74, 6) is -0.187. The molecule has 3 fully saturated rings. The van der Waals surface area contributed by atoms with Crippen molar-refractivity contribution < 1.29 is 38.0 Å². The fraction of sp³-hybridized carbons (Fsp3) is 0.720. The van der Waals surface area contributed by atoms with Gasteiger partial charge in [-0.05, 0) is 12.8 Å². The van der Waals surface area contributed by atoms with E-state index in [1.165, 1.54) is 6.92 Å². The molecule has 1 aromatic carbocycles. The molecule has 0 radical (unpaired) electrons. The quantitative estimate of drug-likeness (QED) is 0.436. The molecule has 0 aliphatic carbocycles. The van der Waals surface area contributed by atoms with Crippen LogP contribution in [0.4, 0.5) is 0 Å². The van der Waals surface area contributed by atoms with Crippen molar-refractivity contribution in [3.63, 3.8) is 0 Å². The molecule has 3 saturated heterocycles. The molecule has 0 bridgehead atoms. The van der Waals surface area contributed by atoms with Crippen LogP contribution in [0.15, 0.2) is 30.3 Å². The van der Waals surface area contributed by atoms with Crippen molar-refractivity contribution in [1.29, 1.82) is 0 Å². The van der Waals surface area contributed by atoms with E-state index in [0.29, 0.717) is 13.0 Å². The lowest BCUT2D eigenvalue weighted by molar-refractivity contribution is -0.379. The van der Waals surface area contributed by atoms with Crippen molar-refractivity contribution >= 4 is 15.2 Å². The lowest BCUT2D eigenvalue weighted by atomic mass is 9.83. The first-order valence-electron chi connectivity index (χ1n) is 12.1. The van der Waals surface area contributed by atoms with Crippen LogP contribution in [0.5, 0.6) is 0 Å². The van der Waals surface area contributed by atoms with E-state index in [1.54, 1.807) is 0 Å². The molecule has 3 heterocycles. The maximum Gasteiger partial charge on any atom is 0.303 e. The Bertz CT molecular complexity index is 809. The van der Waals surface area contributed by atoms with E-state index in [2.05, 4.69) is 30.0 Å². The first-order chi connectivity index (χ1) is 16.3. The summed E-state index contributed by atoms with van der Waals surface area (Å²) in [5, 5.41) is 0. The SMILES string of the molecule is CC(=O)OC1[C@H](OC2[C@H](OCP)OC3COC(c4ccccc4)O[C@H]3[C@@H]2C)OC(C)[C@H](C)[C@@H]1C. The predicted molar refractivity (Wildman–Crippen MR) is 127 cm³/mol. The van der Waals surface area contributed by atoms with E-state index in [0.717, 1.165) is 5.56 Å². The second kappa shape index (κ2) is 11.3. The highest BCUT2D eigenvalue weighted by atomic mass is 31.0. The Morgan fingerprint density at radius 1 is 0.971 bits per heavy atom. The minimum Gasteiger partial charge on any atom is -0.457 e. The highest BCUT2D eigenvalue weighted by Crippen LogP contribution is 2.41. The van der Waals surface area contributed by atoms with E-state index in [4.69, 9.17) is 33.2 Å². The Kier molecular flexibility index (Phi) is 8.62. The molecule has 34 heavy (non-hydrogen) atoms. The summed E-state index contributed by atoms with van der Waals surface area (Å²) in [6.07, 6.45) is -3.10. The van der Waals surface area contributed by atoms with E-state index in [-0.39, 0.29) is 42.0 Å². The summed E-state index contributed by atoms with van der Waals surface area (Å²) in [6, 6.07) is 9.85. The molecule has 4 rings (SSSR count).